The van der Waals surface area contributed by atoms with E-state index in [1.54, 1.807) is 0 Å². The molecule has 0 bridgehead atoms. The lowest BCUT2D eigenvalue weighted by molar-refractivity contribution is -0.131. The summed E-state index contributed by atoms with van der Waals surface area (Å²) in [4.78, 5) is 16.6. The third-order valence-electron chi connectivity index (χ3n) is 4.45. The number of amides is 1. The van der Waals surface area contributed by atoms with Crippen LogP contribution in [0.5, 0.6) is 0 Å². The largest absolute Gasteiger partial charge is 0.325 e. The lowest BCUT2D eigenvalue weighted by atomic mass is 9.96. The Morgan fingerprint density at radius 1 is 1.25 bits per heavy atom. The van der Waals surface area contributed by atoms with Gasteiger partial charge in [0.25, 0.3) is 0 Å². The third kappa shape index (κ3) is 1.64. The molecule has 3 aliphatic rings. The Balaban J connectivity index is 1.66. The average Bonchev–Trinajstić information content (AvgIpc) is 2.86. The first kappa shape index (κ1) is 10.5. The molecule has 90 valence electrons. The van der Waals surface area contributed by atoms with Crippen LogP contribution in [0.25, 0.3) is 0 Å². The van der Waals surface area contributed by atoms with Crippen molar-refractivity contribution < 1.29 is 4.79 Å². The van der Waals surface area contributed by atoms with Crippen molar-refractivity contribution in [3.63, 3.8) is 0 Å². The summed E-state index contributed by atoms with van der Waals surface area (Å²) in [5.74, 6) is 0.302. The summed E-state index contributed by atoms with van der Waals surface area (Å²) in [5, 5.41) is 3.24. The molecule has 0 spiro atoms. The van der Waals surface area contributed by atoms with Gasteiger partial charge in [0.15, 0.2) is 0 Å². The van der Waals surface area contributed by atoms with E-state index in [0.29, 0.717) is 11.9 Å². The molecule has 1 amide bonds. The minimum atomic E-state index is 0.0293. The van der Waals surface area contributed by atoms with Crippen LogP contribution in [-0.4, -0.2) is 53.6 Å². The van der Waals surface area contributed by atoms with E-state index < -0.39 is 0 Å². The van der Waals surface area contributed by atoms with Gasteiger partial charge >= 0.3 is 0 Å². The fourth-order valence-electron chi connectivity index (χ4n) is 3.44. The normalized spacial score (nSPS) is 40.4. The van der Waals surface area contributed by atoms with Crippen molar-refractivity contribution in [2.75, 3.05) is 19.8 Å². The second-order valence-electron chi connectivity index (χ2n) is 5.40. The number of carbonyl (C=O) groups is 1. The smallest absolute Gasteiger partial charge is 0.240 e. The van der Waals surface area contributed by atoms with Crippen LogP contribution in [0.3, 0.4) is 0 Å². The predicted molar refractivity (Wildman–Crippen MR) is 61.9 cm³/mol. The van der Waals surface area contributed by atoms with Crippen LogP contribution in [0.1, 0.15) is 32.6 Å². The Bertz CT molecular complexity index is 294. The molecule has 3 fully saturated rings. The molecule has 3 heterocycles. The average molecular weight is 223 g/mol. The number of piperidine rings is 1. The van der Waals surface area contributed by atoms with E-state index in [9.17, 15) is 4.79 Å². The molecule has 1 N–H and O–H groups in total. The SMILES string of the molecule is CC1NCN(C2CCN3CCCC3C2)C1=O. The van der Waals surface area contributed by atoms with E-state index in [4.69, 9.17) is 0 Å². The maximum Gasteiger partial charge on any atom is 0.240 e. The summed E-state index contributed by atoms with van der Waals surface area (Å²) >= 11 is 0. The number of fused-ring (bicyclic) bond motifs is 1. The number of nitrogens with one attached hydrogen (secondary N) is 1. The van der Waals surface area contributed by atoms with Gasteiger partial charge in [0.2, 0.25) is 5.91 Å². The highest BCUT2D eigenvalue weighted by molar-refractivity contribution is 5.83. The van der Waals surface area contributed by atoms with Crippen molar-refractivity contribution >= 4 is 5.91 Å². The molecule has 0 aromatic carbocycles. The van der Waals surface area contributed by atoms with Crippen molar-refractivity contribution in [2.45, 2.75) is 50.7 Å². The molecule has 0 aliphatic carbocycles. The molecule has 3 rings (SSSR count). The molecule has 4 nitrogen and oxygen atoms in total. The van der Waals surface area contributed by atoms with Crippen molar-refractivity contribution in [3.05, 3.63) is 0 Å². The molecule has 16 heavy (non-hydrogen) atoms. The van der Waals surface area contributed by atoms with Gasteiger partial charge in [0.05, 0.1) is 12.7 Å². The Hall–Kier alpha value is -0.610. The molecule has 0 aromatic heterocycles. The summed E-state index contributed by atoms with van der Waals surface area (Å²) in [6, 6.07) is 1.27. The zero-order valence-electron chi connectivity index (χ0n) is 9.98. The molecular weight excluding hydrogens is 202 g/mol. The third-order valence-corrected chi connectivity index (χ3v) is 4.45. The fraction of sp³-hybridized carbons (Fsp3) is 0.917. The maximum atomic E-state index is 11.9. The van der Waals surface area contributed by atoms with Crippen LogP contribution >= 0.6 is 0 Å². The van der Waals surface area contributed by atoms with Crippen molar-refractivity contribution in [1.82, 2.24) is 15.1 Å². The van der Waals surface area contributed by atoms with E-state index in [-0.39, 0.29) is 6.04 Å². The van der Waals surface area contributed by atoms with Crippen molar-refractivity contribution in [3.8, 4) is 0 Å². The molecule has 4 heteroatoms. The van der Waals surface area contributed by atoms with Crippen molar-refractivity contribution in [1.29, 1.82) is 0 Å². The quantitative estimate of drug-likeness (QED) is 0.698. The predicted octanol–water partition coefficient (Wildman–Crippen LogP) is 0.391. The lowest BCUT2D eigenvalue weighted by Gasteiger charge is -2.38. The number of hydrogen-bond donors (Lipinski definition) is 1. The van der Waals surface area contributed by atoms with E-state index in [0.717, 1.165) is 19.1 Å². The second kappa shape index (κ2) is 4.00. The fourth-order valence-corrected chi connectivity index (χ4v) is 3.44. The highest BCUT2D eigenvalue weighted by atomic mass is 16.2. The van der Waals surface area contributed by atoms with Crippen LogP contribution in [0.15, 0.2) is 0 Å². The van der Waals surface area contributed by atoms with Gasteiger partial charge in [-0.2, -0.15) is 0 Å². The highest BCUT2D eigenvalue weighted by Gasteiger charge is 2.38. The van der Waals surface area contributed by atoms with Gasteiger partial charge in [-0.1, -0.05) is 0 Å². The Morgan fingerprint density at radius 2 is 2.12 bits per heavy atom. The van der Waals surface area contributed by atoms with E-state index in [2.05, 4.69) is 15.1 Å². The standard InChI is InChI=1S/C12H21N3O/c1-9-12(16)15(8-13-9)11-4-6-14-5-2-3-10(14)7-11/h9-11,13H,2-8H2,1H3. The maximum absolute atomic E-state index is 11.9. The molecule has 3 aliphatic heterocycles. The van der Waals surface area contributed by atoms with E-state index >= 15 is 0 Å². The van der Waals surface area contributed by atoms with Gasteiger partial charge in [0.1, 0.15) is 0 Å². The number of nitrogens with zero attached hydrogens (tertiary/aromatic N) is 2. The molecule has 3 atom stereocenters. The Labute approximate surface area is 97.0 Å². The summed E-state index contributed by atoms with van der Waals surface area (Å²) < 4.78 is 0. The minimum Gasteiger partial charge on any atom is -0.325 e. The molecule has 0 saturated carbocycles. The number of rotatable bonds is 1. The molecule has 0 radical (unpaired) electrons. The molecule has 3 saturated heterocycles. The second-order valence-corrected chi connectivity index (χ2v) is 5.40. The summed E-state index contributed by atoms with van der Waals surface area (Å²) in [5.41, 5.74) is 0. The minimum absolute atomic E-state index is 0.0293. The van der Waals surface area contributed by atoms with Gasteiger partial charge in [-0.15, -0.1) is 0 Å². The summed E-state index contributed by atoms with van der Waals surface area (Å²) in [6.45, 7) is 5.19. The summed E-state index contributed by atoms with van der Waals surface area (Å²) in [6.07, 6.45) is 5.04. The van der Waals surface area contributed by atoms with Crippen LogP contribution in [-0.2, 0) is 4.79 Å². The first-order valence-electron chi connectivity index (χ1n) is 6.53. The van der Waals surface area contributed by atoms with Crippen LogP contribution in [0.4, 0.5) is 0 Å². The number of carbonyl (C=O) groups excluding carboxylic acids is 1. The van der Waals surface area contributed by atoms with E-state index in [1.165, 1.54) is 32.4 Å². The number of hydrogen-bond acceptors (Lipinski definition) is 3. The van der Waals surface area contributed by atoms with Crippen LogP contribution in [0, 0.1) is 0 Å². The van der Waals surface area contributed by atoms with Gasteiger partial charge in [-0.05, 0) is 39.2 Å². The lowest BCUT2D eigenvalue weighted by Crippen LogP contribution is -2.48. The topological polar surface area (TPSA) is 35.6 Å². The van der Waals surface area contributed by atoms with Gasteiger partial charge in [-0.25, -0.2) is 0 Å². The van der Waals surface area contributed by atoms with Crippen molar-refractivity contribution in [2.24, 2.45) is 0 Å². The first-order chi connectivity index (χ1) is 7.75. The molecular formula is C12H21N3O. The monoisotopic (exact) mass is 223 g/mol. The molecule has 3 unspecified atom stereocenters. The molecule has 0 aromatic rings. The van der Waals surface area contributed by atoms with Crippen LogP contribution < -0.4 is 5.32 Å². The van der Waals surface area contributed by atoms with Gasteiger partial charge < -0.3 is 9.80 Å². The van der Waals surface area contributed by atoms with Crippen LogP contribution in [0.2, 0.25) is 0 Å². The summed E-state index contributed by atoms with van der Waals surface area (Å²) in [7, 11) is 0. The van der Waals surface area contributed by atoms with E-state index in [1.807, 2.05) is 6.92 Å². The Kier molecular flexibility index (Phi) is 2.64. The van der Waals surface area contributed by atoms with Gasteiger partial charge in [0, 0.05) is 18.6 Å². The highest BCUT2D eigenvalue weighted by Crippen LogP contribution is 2.30. The Morgan fingerprint density at radius 3 is 2.88 bits per heavy atom. The first-order valence-corrected chi connectivity index (χ1v) is 6.53. The van der Waals surface area contributed by atoms with Gasteiger partial charge in [-0.3, -0.25) is 10.1 Å². The zero-order chi connectivity index (χ0) is 11.1. The zero-order valence-corrected chi connectivity index (χ0v) is 9.98.